The van der Waals surface area contributed by atoms with Gasteiger partial charge in [0, 0.05) is 5.92 Å². The molecular formula is C14H22O. The summed E-state index contributed by atoms with van der Waals surface area (Å²) in [6.07, 6.45) is 6.96. The first-order chi connectivity index (χ1) is 6.93. The standard InChI is InChI=1S/C14H22O/c1-9-7-10(8-9)12-13(2,3)6-5-11-14(12,4)15-11/h7,10-12H,5-6,8H2,1-4H3/t10?,11-,12+,14-/m0/s1. The molecule has 1 aliphatic heterocycles. The van der Waals surface area contributed by atoms with Crippen molar-refractivity contribution in [2.45, 2.75) is 58.7 Å². The first kappa shape index (κ1) is 9.89. The Morgan fingerprint density at radius 3 is 2.60 bits per heavy atom. The molecule has 0 N–H and O–H groups in total. The van der Waals surface area contributed by atoms with E-state index in [1.165, 1.54) is 19.3 Å². The van der Waals surface area contributed by atoms with E-state index in [1.807, 2.05) is 0 Å². The van der Waals surface area contributed by atoms with Gasteiger partial charge in [-0.05, 0) is 44.4 Å². The van der Waals surface area contributed by atoms with Crippen molar-refractivity contribution >= 4 is 0 Å². The number of fused-ring (bicyclic) bond motifs is 1. The molecule has 2 aliphatic carbocycles. The lowest BCUT2D eigenvalue weighted by Gasteiger charge is -2.47. The van der Waals surface area contributed by atoms with Crippen LogP contribution in [0.3, 0.4) is 0 Å². The van der Waals surface area contributed by atoms with Crippen LogP contribution in [0.25, 0.3) is 0 Å². The highest BCUT2D eigenvalue weighted by Crippen LogP contribution is 2.62. The zero-order valence-electron chi connectivity index (χ0n) is 10.3. The SMILES string of the molecule is CC1=CC([C@@H]2C(C)(C)CC[C@@H]3O[C@@]32C)C1. The highest BCUT2D eigenvalue weighted by atomic mass is 16.6. The van der Waals surface area contributed by atoms with E-state index < -0.39 is 0 Å². The van der Waals surface area contributed by atoms with E-state index in [9.17, 15) is 0 Å². The van der Waals surface area contributed by atoms with Crippen LogP contribution in [0.2, 0.25) is 0 Å². The molecule has 2 fully saturated rings. The monoisotopic (exact) mass is 206 g/mol. The Morgan fingerprint density at radius 2 is 2.00 bits per heavy atom. The van der Waals surface area contributed by atoms with Crippen molar-refractivity contribution in [1.82, 2.24) is 0 Å². The number of hydrogen-bond acceptors (Lipinski definition) is 1. The maximum atomic E-state index is 5.98. The van der Waals surface area contributed by atoms with Gasteiger partial charge in [0.25, 0.3) is 0 Å². The van der Waals surface area contributed by atoms with Crippen molar-refractivity contribution in [3.8, 4) is 0 Å². The van der Waals surface area contributed by atoms with Gasteiger partial charge in [0.1, 0.15) is 0 Å². The molecule has 15 heavy (non-hydrogen) atoms. The summed E-state index contributed by atoms with van der Waals surface area (Å²) in [6, 6.07) is 0. The molecule has 1 saturated carbocycles. The van der Waals surface area contributed by atoms with Crippen LogP contribution in [-0.2, 0) is 4.74 Å². The van der Waals surface area contributed by atoms with Crippen LogP contribution < -0.4 is 0 Å². The average molecular weight is 206 g/mol. The normalized spacial score (nSPS) is 51.5. The Balaban J connectivity index is 1.89. The Kier molecular flexibility index (Phi) is 1.77. The number of epoxide rings is 1. The van der Waals surface area contributed by atoms with Crippen LogP contribution >= 0.6 is 0 Å². The molecule has 1 saturated heterocycles. The molecule has 0 bridgehead atoms. The van der Waals surface area contributed by atoms with Gasteiger partial charge in [-0.25, -0.2) is 0 Å². The lowest BCUT2D eigenvalue weighted by Crippen LogP contribution is -2.46. The van der Waals surface area contributed by atoms with Crippen molar-refractivity contribution in [2.75, 3.05) is 0 Å². The molecule has 3 rings (SSSR count). The van der Waals surface area contributed by atoms with Crippen LogP contribution in [-0.4, -0.2) is 11.7 Å². The van der Waals surface area contributed by atoms with E-state index in [2.05, 4.69) is 33.8 Å². The molecule has 0 spiro atoms. The maximum Gasteiger partial charge on any atom is 0.0959 e. The van der Waals surface area contributed by atoms with Crippen molar-refractivity contribution in [3.05, 3.63) is 11.6 Å². The highest BCUT2D eigenvalue weighted by molar-refractivity contribution is 5.23. The van der Waals surface area contributed by atoms with Crippen LogP contribution in [0.5, 0.6) is 0 Å². The van der Waals surface area contributed by atoms with Crippen LogP contribution in [0, 0.1) is 17.3 Å². The lowest BCUT2D eigenvalue weighted by molar-refractivity contribution is 0.0524. The summed E-state index contributed by atoms with van der Waals surface area (Å²) < 4.78 is 5.98. The first-order valence-electron chi connectivity index (χ1n) is 6.28. The second kappa shape index (κ2) is 2.68. The molecule has 1 heterocycles. The summed E-state index contributed by atoms with van der Waals surface area (Å²) in [4.78, 5) is 0. The van der Waals surface area contributed by atoms with Crippen LogP contribution in [0.1, 0.15) is 47.0 Å². The fraction of sp³-hybridized carbons (Fsp3) is 0.857. The predicted octanol–water partition coefficient (Wildman–Crippen LogP) is 3.55. The summed E-state index contributed by atoms with van der Waals surface area (Å²) in [5, 5.41) is 0. The quantitative estimate of drug-likeness (QED) is 0.472. The predicted molar refractivity (Wildman–Crippen MR) is 61.6 cm³/mol. The van der Waals surface area contributed by atoms with Gasteiger partial charge in [0.05, 0.1) is 11.7 Å². The van der Waals surface area contributed by atoms with Gasteiger partial charge < -0.3 is 4.74 Å². The molecule has 0 aromatic carbocycles. The molecule has 1 unspecified atom stereocenters. The fourth-order valence-electron chi connectivity index (χ4n) is 4.25. The first-order valence-corrected chi connectivity index (χ1v) is 6.28. The smallest absolute Gasteiger partial charge is 0.0959 e. The molecule has 0 aromatic rings. The largest absolute Gasteiger partial charge is 0.366 e. The Labute approximate surface area is 92.9 Å². The number of hydrogen-bond donors (Lipinski definition) is 0. The van der Waals surface area contributed by atoms with Crippen LogP contribution in [0.15, 0.2) is 11.6 Å². The molecular weight excluding hydrogens is 184 g/mol. The van der Waals surface area contributed by atoms with Gasteiger partial charge in [0.15, 0.2) is 0 Å². The third kappa shape index (κ3) is 1.25. The van der Waals surface area contributed by atoms with Gasteiger partial charge in [-0.2, -0.15) is 0 Å². The Hall–Kier alpha value is -0.300. The molecule has 0 amide bonds. The zero-order valence-corrected chi connectivity index (χ0v) is 10.3. The molecule has 0 aromatic heterocycles. The summed E-state index contributed by atoms with van der Waals surface area (Å²) in [5.41, 5.74) is 2.25. The minimum Gasteiger partial charge on any atom is -0.366 e. The molecule has 1 heteroatoms. The second-order valence-corrected chi connectivity index (χ2v) is 6.68. The molecule has 0 radical (unpaired) electrons. The molecule has 1 nitrogen and oxygen atoms in total. The minimum absolute atomic E-state index is 0.212. The van der Waals surface area contributed by atoms with E-state index in [0.717, 1.165) is 11.8 Å². The summed E-state index contributed by atoms with van der Waals surface area (Å²) in [6.45, 7) is 9.45. The van der Waals surface area contributed by atoms with E-state index in [4.69, 9.17) is 4.74 Å². The van der Waals surface area contributed by atoms with E-state index in [1.54, 1.807) is 5.57 Å². The van der Waals surface area contributed by atoms with Gasteiger partial charge in [-0.3, -0.25) is 0 Å². The number of rotatable bonds is 1. The van der Waals surface area contributed by atoms with Crippen molar-refractivity contribution in [3.63, 3.8) is 0 Å². The topological polar surface area (TPSA) is 12.5 Å². The zero-order chi connectivity index (χ0) is 10.8. The molecule has 4 atom stereocenters. The van der Waals surface area contributed by atoms with Crippen molar-refractivity contribution < 1.29 is 4.74 Å². The van der Waals surface area contributed by atoms with Crippen LogP contribution in [0.4, 0.5) is 0 Å². The van der Waals surface area contributed by atoms with Crippen molar-refractivity contribution in [1.29, 1.82) is 0 Å². The maximum absolute atomic E-state index is 5.98. The molecule has 3 aliphatic rings. The fourth-order valence-corrected chi connectivity index (χ4v) is 4.25. The van der Waals surface area contributed by atoms with E-state index >= 15 is 0 Å². The lowest BCUT2D eigenvalue weighted by atomic mass is 9.56. The number of allylic oxidation sites excluding steroid dienone is 2. The summed E-state index contributed by atoms with van der Waals surface area (Å²) in [7, 11) is 0. The highest BCUT2D eigenvalue weighted by Gasteiger charge is 2.65. The van der Waals surface area contributed by atoms with Gasteiger partial charge in [-0.15, -0.1) is 0 Å². The van der Waals surface area contributed by atoms with E-state index in [0.29, 0.717) is 11.5 Å². The summed E-state index contributed by atoms with van der Waals surface area (Å²) >= 11 is 0. The van der Waals surface area contributed by atoms with Gasteiger partial charge in [-0.1, -0.05) is 25.5 Å². The van der Waals surface area contributed by atoms with Gasteiger partial charge >= 0.3 is 0 Å². The Morgan fingerprint density at radius 1 is 1.33 bits per heavy atom. The third-order valence-corrected chi connectivity index (χ3v) is 4.97. The second-order valence-electron chi connectivity index (χ2n) is 6.68. The Bertz CT molecular complexity index is 323. The van der Waals surface area contributed by atoms with Gasteiger partial charge in [0.2, 0.25) is 0 Å². The summed E-state index contributed by atoms with van der Waals surface area (Å²) in [5.74, 6) is 1.53. The molecule has 84 valence electrons. The average Bonchev–Trinajstić information content (AvgIpc) is 2.71. The third-order valence-electron chi connectivity index (χ3n) is 4.97. The van der Waals surface area contributed by atoms with E-state index in [-0.39, 0.29) is 5.60 Å². The minimum atomic E-state index is 0.212. The number of ether oxygens (including phenoxy) is 1. The van der Waals surface area contributed by atoms with Crippen molar-refractivity contribution in [2.24, 2.45) is 17.3 Å².